The standard InChI is InChI=1S/C26H45NO3/c1-3-4-5-6-7-8-9-10-11-12-13-14-15-16-17-18-22-30-26(29)27-24-20-19-21-25(28)23(24)2/h19-21,28H,3-18,22H2,1-2H3,(H,27,29). The third kappa shape index (κ3) is 13.5. The molecule has 0 spiro atoms. The number of unbranched alkanes of at least 4 members (excludes halogenated alkanes) is 15. The van der Waals surface area contributed by atoms with Gasteiger partial charge in [0.15, 0.2) is 0 Å². The van der Waals surface area contributed by atoms with Crippen LogP contribution in [0, 0.1) is 6.92 Å². The van der Waals surface area contributed by atoms with E-state index < -0.39 is 6.09 Å². The van der Waals surface area contributed by atoms with Crippen molar-refractivity contribution in [2.24, 2.45) is 0 Å². The van der Waals surface area contributed by atoms with Gasteiger partial charge in [-0.05, 0) is 25.5 Å². The molecule has 0 aliphatic rings. The molecular weight excluding hydrogens is 374 g/mol. The quantitative estimate of drug-likeness (QED) is 0.234. The maximum atomic E-state index is 11.8. The highest BCUT2D eigenvalue weighted by atomic mass is 16.5. The summed E-state index contributed by atoms with van der Waals surface area (Å²) in [5.41, 5.74) is 1.24. The van der Waals surface area contributed by atoms with Crippen molar-refractivity contribution in [1.29, 1.82) is 0 Å². The fraction of sp³-hybridized carbons (Fsp3) is 0.731. The first kappa shape index (κ1) is 26.3. The monoisotopic (exact) mass is 419 g/mol. The zero-order chi connectivity index (χ0) is 21.9. The predicted molar refractivity (Wildman–Crippen MR) is 127 cm³/mol. The third-order valence-electron chi connectivity index (χ3n) is 5.77. The Balaban J connectivity index is 1.83. The summed E-state index contributed by atoms with van der Waals surface area (Å²) in [4.78, 5) is 11.8. The summed E-state index contributed by atoms with van der Waals surface area (Å²) >= 11 is 0. The van der Waals surface area contributed by atoms with Crippen molar-refractivity contribution in [3.63, 3.8) is 0 Å². The fourth-order valence-electron chi connectivity index (χ4n) is 3.72. The minimum atomic E-state index is -0.454. The van der Waals surface area contributed by atoms with Crippen molar-refractivity contribution in [2.45, 2.75) is 117 Å². The number of nitrogens with one attached hydrogen (secondary N) is 1. The van der Waals surface area contributed by atoms with E-state index in [-0.39, 0.29) is 5.75 Å². The number of aromatic hydroxyl groups is 1. The first-order valence-electron chi connectivity index (χ1n) is 12.4. The summed E-state index contributed by atoms with van der Waals surface area (Å²) in [5.74, 6) is 0.172. The Morgan fingerprint density at radius 1 is 0.800 bits per heavy atom. The number of rotatable bonds is 18. The molecule has 4 nitrogen and oxygen atoms in total. The van der Waals surface area contributed by atoms with Gasteiger partial charge in [-0.3, -0.25) is 5.32 Å². The van der Waals surface area contributed by atoms with Crippen molar-refractivity contribution in [3.05, 3.63) is 23.8 Å². The van der Waals surface area contributed by atoms with Gasteiger partial charge in [0.1, 0.15) is 5.75 Å². The number of ether oxygens (including phenoxy) is 1. The highest BCUT2D eigenvalue weighted by Gasteiger charge is 2.07. The Hall–Kier alpha value is -1.71. The smallest absolute Gasteiger partial charge is 0.411 e. The van der Waals surface area contributed by atoms with Crippen molar-refractivity contribution in [1.82, 2.24) is 0 Å². The number of anilines is 1. The Morgan fingerprint density at radius 3 is 1.77 bits per heavy atom. The van der Waals surface area contributed by atoms with E-state index in [4.69, 9.17) is 4.74 Å². The lowest BCUT2D eigenvalue weighted by atomic mass is 10.0. The van der Waals surface area contributed by atoms with Crippen LogP contribution >= 0.6 is 0 Å². The molecule has 0 aromatic heterocycles. The minimum Gasteiger partial charge on any atom is -0.508 e. The van der Waals surface area contributed by atoms with Crippen LogP contribution in [0.3, 0.4) is 0 Å². The molecule has 1 rings (SSSR count). The molecule has 0 saturated carbocycles. The molecule has 0 heterocycles. The van der Waals surface area contributed by atoms with E-state index in [9.17, 15) is 9.90 Å². The lowest BCUT2D eigenvalue weighted by Gasteiger charge is -2.10. The molecule has 1 aromatic rings. The van der Waals surface area contributed by atoms with Crippen LogP contribution in [0.1, 0.15) is 115 Å². The average Bonchev–Trinajstić information content (AvgIpc) is 2.73. The average molecular weight is 420 g/mol. The van der Waals surface area contributed by atoms with Crippen molar-refractivity contribution in [2.75, 3.05) is 11.9 Å². The van der Waals surface area contributed by atoms with E-state index in [1.54, 1.807) is 25.1 Å². The summed E-state index contributed by atoms with van der Waals surface area (Å²) < 4.78 is 5.23. The number of carbonyl (C=O) groups is 1. The molecule has 2 N–H and O–H groups in total. The summed E-state index contributed by atoms with van der Waals surface area (Å²) in [5, 5.41) is 12.3. The van der Waals surface area contributed by atoms with E-state index in [2.05, 4.69) is 12.2 Å². The Bertz CT molecular complexity index is 559. The highest BCUT2D eigenvalue weighted by molar-refractivity contribution is 5.86. The van der Waals surface area contributed by atoms with Crippen LogP contribution in [-0.2, 0) is 4.74 Å². The van der Waals surface area contributed by atoms with E-state index in [1.807, 2.05) is 0 Å². The highest BCUT2D eigenvalue weighted by Crippen LogP contribution is 2.23. The predicted octanol–water partition coefficient (Wildman–Crippen LogP) is 8.51. The third-order valence-corrected chi connectivity index (χ3v) is 5.77. The largest absolute Gasteiger partial charge is 0.508 e. The maximum absolute atomic E-state index is 11.8. The number of hydrogen-bond donors (Lipinski definition) is 2. The molecule has 0 atom stereocenters. The Morgan fingerprint density at radius 2 is 1.27 bits per heavy atom. The van der Waals surface area contributed by atoms with Gasteiger partial charge in [0, 0.05) is 5.56 Å². The fourth-order valence-corrected chi connectivity index (χ4v) is 3.72. The van der Waals surface area contributed by atoms with Crippen LogP contribution in [0.25, 0.3) is 0 Å². The zero-order valence-corrected chi connectivity index (χ0v) is 19.5. The van der Waals surface area contributed by atoms with Crippen LogP contribution < -0.4 is 5.32 Å². The van der Waals surface area contributed by atoms with Crippen molar-refractivity contribution in [3.8, 4) is 5.75 Å². The molecule has 30 heavy (non-hydrogen) atoms. The van der Waals surface area contributed by atoms with Crippen LogP contribution in [0.2, 0.25) is 0 Å². The normalized spacial score (nSPS) is 10.9. The van der Waals surface area contributed by atoms with Gasteiger partial charge >= 0.3 is 6.09 Å². The van der Waals surface area contributed by atoms with E-state index in [1.165, 1.54) is 89.9 Å². The summed E-state index contributed by atoms with van der Waals surface area (Å²) in [6, 6.07) is 5.06. The van der Waals surface area contributed by atoms with Gasteiger partial charge in [-0.2, -0.15) is 0 Å². The molecule has 0 bridgehead atoms. The number of amides is 1. The number of phenolic OH excluding ortho intramolecular Hbond substituents is 1. The number of carbonyl (C=O) groups excluding carboxylic acids is 1. The van der Waals surface area contributed by atoms with Gasteiger partial charge in [0.2, 0.25) is 0 Å². The summed E-state index contributed by atoms with van der Waals surface area (Å²) in [6.07, 6.45) is 20.8. The lowest BCUT2D eigenvalue weighted by molar-refractivity contribution is 0.159. The second kappa shape index (κ2) is 18.1. The minimum absolute atomic E-state index is 0.172. The molecule has 0 radical (unpaired) electrons. The van der Waals surface area contributed by atoms with E-state index in [0.29, 0.717) is 17.9 Å². The van der Waals surface area contributed by atoms with Gasteiger partial charge in [-0.15, -0.1) is 0 Å². The van der Waals surface area contributed by atoms with Gasteiger partial charge < -0.3 is 9.84 Å². The molecule has 172 valence electrons. The van der Waals surface area contributed by atoms with Gasteiger partial charge in [0.25, 0.3) is 0 Å². The van der Waals surface area contributed by atoms with E-state index >= 15 is 0 Å². The second-order valence-electron chi connectivity index (χ2n) is 8.51. The van der Waals surface area contributed by atoms with Crippen molar-refractivity contribution >= 4 is 11.8 Å². The van der Waals surface area contributed by atoms with Gasteiger partial charge in [-0.25, -0.2) is 4.79 Å². The first-order chi connectivity index (χ1) is 14.6. The Labute approximate surface area is 184 Å². The molecule has 0 unspecified atom stereocenters. The maximum Gasteiger partial charge on any atom is 0.411 e. The number of hydrogen-bond acceptors (Lipinski definition) is 3. The number of benzene rings is 1. The van der Waals surface area contributed by atoms with Gasteiger partial charge in [-0.1, -0.05) is 109 Å². The summed E-state index contributed by atoms with van der Waals surface area (Å²) in [6.45, 7) is 4.49. The lowest BCUT2D eigenvalue weighted by Crippen LogP contribution is -2.15. The SMILES string of the molecule is CCCCCCCCCCCCCCCCCCOC(=O)Nc1cccc(O)c1C. The van der Waals surface area contributed by atoms with Crippen LogP contribution in [0.4, 0.5) is 10.5 Å². The van der Waals surface area contributed by atoms with E-state index in [0.717, 1.165) is 12.8 Å². The molecule has 1 aromatic carbocycles. The second-order valence-corrected chi connectivity index (χ2v) is 8.51. The van der Waals surface area contributed by atoms with Crippen LogP contribution in [-0.4, -0.2) is 17.8 Å². The molecule has 0 aliphatic heterocycles. The molecule has 0 aliphatic carbocycles. The molecule has 1 amide bonds. The van der Waals surface area contributed by atoms with Crippen LogP contribution in [0.15, 0.2) is 18.2 Å². The van der Waals surface area contributed by atoms with Gasteiger partial charge in [0.05, 0.1) is 12.3 Å². The molecule has 4 heteroatoms. The first-order valence-corrected chi connectivity index (χ1v) is 12.4. The van der Waals surface area contributed by atoms with Crippen molar-refractivity contribution < 1.29 is 14.6 Å². The Kier molecular flexibility index (Phi) is 15.9. The zero-order valence-electron chi connectivity index (χ0n) is 19.5. The summed E-state index contributed by atoms with van der Waals surface area (Å²) in [7, 11) is 0. The molecular formula is C26H45NO3. The number of phenols is 1. The molecule has 0 fully saturated rings. The molecule has 0 saturated heterocycles. The van der Waals surface area contributed by atoms with Crippen LogP contribution in [0.5, 0.6) is 5.75 Å². The topological polar surface area (TPSA) is 58.6 Å².